The summed E-state index contributed by atoms with van der Waals surface area (Å²) in [6, 6.07) is 5.86. The maximum atomic E-state index is 6.00. The van der Waals surface area contributed by atoms with Crippen molar-refractivity contribution >= 4 is 23.4 Å². The summed E-state index contributed by atoms with van der Waals surface area (Å²) in [4.78, 5) is 12.5. The van der Waals surface area contributed by atoms with Gasteiger partial charge in [0.2, 0.25) is 5.95 Å². The summed E-state index contributed by atoms with van der Waals surface area (Å²) in [6.45, 7) is 0.719. The molecule has 2 aromatic rings. The van der Waals surface area contributed by atoms with Crippen LogP contribution in [0.1, 0.15) is 5.69 Å². The minimum atomic E-state index is 0.509. The predicted molar refractivity (Wildman–Crippen MR) is 73.0 cm³/mol. The van der Waals surface area contributed by atoms with Crippen LogP contribution in [0, 0.1) is 0 Å². The van der Waals surface area contributed by atoms with E-state index in [0.29, 0.717) is 16.8 Å². The van der Waals surface area contributed by atoms with Crippen LogP contribution in [0.5, 0.6) is 0 Å². The van der Waals surface area contributed by atoms with Gasteiger partial charge in [-0.3, -0.25) is 4.98 Å². The van der Waals surface area contributed by atoms with E-state index in [9.17, 15) is 0 Å². The molecular weight excluding hydrogens is 250 g/mol. The van der Waals surface area contributed by atoms with Crippen molar-refractivity contribution in [1.29, 1.82) is 0 Å². The number of halogens is 1. The highest BCUT2D eigenvalue weighted by Gasteiger charge is 2.03. The SMILES string of the molecule is CNc1ncc(Cl)c(NCCc2ccccn2)n1. The lowest BCUT2D eigenvalue weighted by Gasteiger charge is -2.08. The minimum absolute atomic E-state index is 0.509. The number of rotatable bonds is 5. The molecule has 2 heterocycles. The monoisotopic (exact) mass is 263 g/mol. The molecule has 0 unspecified atom stereocenters. The van der Waals surface area contributed by atoms with Crippen molar-refractivity contribution in [1.82, 2.24) is 15.0 Å². The number of pyridine rings is 1. The Morgan fingerprint density at radius 2 is 2.17 bits per heavy atom. The summed E-state index contributed by atoms with van der Waals surface area (Å²) in [6.07, 6.45) is 4.17. The predicted octanol–water partition coefficient (Wildman–Crippen LogP) is 2.22. The van der Waals surface area contributed by atoms with Crippen LogP contribution < -0.4 is 10.6 Å². The lowest BCUT2D eigenvalue weighted by molar-refractivity contribution is 0.951. The van der Waals surface area contributed by atoms with E-state index in [4.69, 9.17) is 11.6 Å². The Morgan fingerprint density at radius 1 is 1.28 bits per heavy atom. The molecule has 0 aliphatic carbocycles. The van der Waals surface area contributed by atoms with Gasteiger partial charge < -0.3 is 10.6 Å². The molecule has 0 fully saturated rings. The highest BCUT2D eigenvalue weighted by Crippen LogP contribution is 2.18. The van der Waals surface area contributed by atoms with Gasteiger partial charge in [0.15, 0.2) is 0 Å². The van der Waals surface area contributed by atoms with E-state index < -0.39 is 0 Å². The van der Waals surface area contributed by atoms with Crippen LogP contribution in [0.25, 0.3) is 0 Å². The fourth-order valence-corrected chi connectivity index (χ4v) is 1.62. The number of hydrogen-bond acceptors (Lipinski definition) is 5. The summed E-state index contributed by atoms with van der Waals surface area (Å²) >= 11 is 6.00. The van der Waals surface area contributed by atoms with Crippen molar-refractivity contribution in [3.8, 4) is 0 Å². The summed E-state index contributed by atoms with van der Waals surface area (Å²) in [5.74, 6) is 1.17. The Bertz CT molecular complexity index is 503. The van der Waals surface area contributed by atoms with Crippen molar-refractivity contribution in [3.05, 3.63) is 41.3 Å². The quantitative estimate of drug-likeness (QED) is 0.866. The molecule has 0 bridgehead atoms. The maximum Gasteiger partial charge on any atom is 0.224 e. The molecule has 0 aliphatic rings. The van der Waals surface area contributed by atoms with Crippen molar-refractivity contribution < 1.29 is 0 Å². The Morgan fingerprint density at radius 3 is 2.89 bits per heavy atom. The normalized spacial score (nSPS) is 10.1. The van der Waals surface area contributed by atoms with Crippen LogP contribution in [0.4, 0.5) is 11.8 Å². The van der Waals surface area contributed by atoms with E-state index in [2.05, 4.69) is 25.6 Å². The molecule has 6 heteroatoms. The second-order valence-electron chi connectivity index (χ2n) is 3.64. The molecule has 0 radical (unpaired) electrons. The first-order chi connectivity index (χ1) is 8.79. The van der Waals surface area contributed by atoms with Crippen LogP contribution in [-0.2, 0) is 6.42 Å². The summed E-state index contributed by atoms with van der Waals surface area (Å²) in [5.41, 5.74) is 1.03. The van der Waals surface area contributed by atoms with E-state index in [-0.39, 0.29) is 0 Å². The maximum absolute atomic E-state index is 6.00. The molecule has 0 aliphatic heterocycles. The van der Waals surface area contributed by atoms with Crippen LogP contribution in [0.2, 0.25) is 5.02 Å². The van der Waals surface area contributed by atoms with Gasteiger partial charge in [-0.05, 0) is 12.1 Å². The molecule has 5 nitrogen and oxygen atoms in total. The third-order valence-corrected chi connectivity index (χ3v) is 2.64. The van der Waals surface area contributed by atoms with Gasteiger partial charge in [0.25, 0.3) is 0 Å². The minimum Gasteiger partial charge on any atom is -0.368 e. The second kappa shape index (κ2) is 6.16. The van der Waals surface area contributed by atoms with Crippen molar-refractivity contribution in [2.75, 3.05) is 24.2 Å². The molecule has 2 rings (SSSR count). The van der Waals surface area contributed by atoms with Gasteiger partial charge in [0.05, 0.1) is 6.20 Å². The zero-order valence-corrected chi connectivity index (χ0v) is 10.8. The third-order valence-electron chi connectivity index (χ3n) is 2.37. The van der Waals surface area contributed by atoms with E-state index in [0.717, 1.165) is 18.7 Å². The number of nitrogens with zero attached hydrogens (tertiary/aromatic N) is 3. The van der Waals surface area contributed by atoms with Gasteiger partial charge >= 0.3 is 0 Å². The topological polar surface area (TPSA) is 62.7 Å². The molecule has 0 spiro atoms. The molecule has 0 saturated heterocycles. The molecule has 94 valence electrons. The smallest absolute Gasteiger partial charge is 0.224 e. The third kappa shape index (κ3) is 3.30. The van der Waals surface area contributed by atoms with Gasteiger partial charge in [-0.25, -0.2) is 4.98 Å². The summed E-state index contributed by atoms with van der Waals surface area (Å²) < 4.78 is 0. The Labute approximate surface area is 111 Å². The first-order valence-corrected chi connectivity index (χ1v) is 6.01. The lowest BCUT2D eigenvalue weighted by Crippen LogP contribution is -2.09. The van der Waals surface area contributed by atoms with Gasteiger partial charge in [0, 0.05) is 31.9 Å². The van der Waals surface area contributed by atoms with Gasteiger partial charge in [-0.15, -0.1) is 0 Å². The molecular formula is C12H14ClN5. The molecule has 18 heavy (non-hydrogen) atoms. The Hall–Kier alpha value is -1.88. The summed E-state index contributed by atoms with van der Waals surface area (Å²) in [5, 5.41) is 6.55. The lowest BCUT2D eigenvalue weighted by atomic mass is 10.3. The van der Waals surface area contributed by atoms with E-state index in [1.165, 1.54) is 0 Å². The van der Waals surface area contributed by atoms with Crippen molar-refractivity contribution in [2.24, 2.45) is 0 Å². The van der Waals surface area contributed by atoms with Crippen LogP contribution in [0.3, 0.4) is 0 Å². The Balaban J connectivity index is 1.94. The van der Waals surface area contributed by atoms with E-state index in [1.807, 2.05) is 18.2 Å². The fraction of sp³-hybridized carbons (Fsp3) is 0.250. The first-order valence-electron chi connectivity index (χ1n) is 5.63. The Kier molecular flexibility index (Phi) is 4.30. The highest BCUT2D eigenvalue weighted by atomic mass is 35.5. The summed E-state index contributed by atoms with van der Waals surface area (Å²) in [7, 11) is 1.76. The number of nitrogens with one attached hydrogen (secondary N) is 2. The largest absolute Gasteiger partial charge is 0.368 e. The fourth-order valence-electron chi connectivity index (χ4n) is 1.47. The van der Waals surface area contributed by atoms with Crippen molar-refractivity contribution in [2.45, 2.75) is 6.42 Å². The molecule has 0 amide bonds. The van der Waals surface area contributed by atoms with Gasteiger partial charge in [-0.1, -0.05) is 17.7 Å². The van der Waals surface area contributed by atoms with Crippen LogP contribution in [0.15, 0.2) is 30.6 Å². The van der Waals surface area contributed by atoms with Crippen molar-refractivity contribution in [3.63, 3.8) is 0 Å². The highest BCUT2D eigenvalue weighted by molar-refractivity contribution is 6.32. The number of anilines is 2. The number of aromatic nitrogens is 3. The second-order valence-corrected chi connectivity index (χ2v) is 4.05. The van der Waals surface area contributed by atoms with Gasteiger partial charge in [0.1, 0.15) is 10.8 Å². The standard InChI is InChI=1S/C12H14ClN5/c1-14-12-17-8-10(13)11(18-12)16-7-5-9-4-2-3-6-15-9/h2-4,6,8H,5,7H2,1H3,(H2,14,16,17,18). The van der Waals surface area contributed by atoms with E-state index >= 15 is 0 Å². The van der Waals surface area contributed by atoms with Crippen LogP contribution in [-0.4, -0.2) is 28.5 Å². The zero-order valence-electron chi connectivity index (χ0n) is 10.0. The van der Waals surface area contributed by atoms with Crippen LogP contribution >= 0.6 is 11.6 Å². The number of hydrogen-bond donors (Lipinski definition) is 2. The van der Waals surface area contributed by atoms with E-state index in [1.54, 1.807) is 19.4 Å². The molecule has 2 aromatic heterocycles. The van der Waals surface area contributed by atoms with Gasteiger partial charge in [-0.2, -0.15) is 4.98 Å². The zero-order chi connectivity index (χ0) is 12.8. The average Bonchev–Trinajstić information content (AvgIpc) is 2.42. The molecule has 0 atom stereocenters. The molecule has 0 aromatic carbocycles. The first kappa shape index (κ1) is 12.6. The molecule has 2 N–H and O–H groups in total. The average molecular weight is 264 g/mol. The molecule has 0 saturated carbocycles.